The second-order valence-electron chi connectivity index (χ2n) is 3.18. The van der Waals surface area contributed by atoms with Crippen LogP contribution in [0.25, 0.3) is 0 Å². The van der Waals surface area contributed by atoms with Gasteiger partial charge in [0, 0.05) is 6.54 Å². The number of anilines is 1. The zero-order chi connectivity index (χ0) is 13.4. The number of carbonyl (C=O) groups excluding carboxylic acids is 1. The molecule has 0 fully saturated rings. The fraction of sp³-hybridized carbons (Fsp3) is 0.556. The molecular weight excluding hydrogens is 260 g/mol. The number of aryl methyl sites for hydroxylation is 1. The van der Waals surface area contributed by atoms with Gasteiger partial charge in [0.15, 0.2) is 0 Å². The molecule has 0 aliphatic heterocycles. The number of nitrogens with one attached hydrogen (secondary N) is 2. The summed E-state index contributed by atoms with van der Waals surface area (Å²) in [6.45, 7) is 1.93. The Morgan fingerprint density at radius 2 is 2.22 bits per heavy atom. The smallest absolute Gasteiger partial charge is 0.329 e. The molecule has 0 atom stereocenters. The third kappa shape index (κ3) is 5.55. The summed E-state index contributed by atoms with van der Waals surface area (Å²) in [6, 6.07) is -0.423. The first-order chi connectivity index (χ1) is 8.61. The van der Waals surface area contributed by atoms with Gasteiger partial charge >= 0.3 is 12.0 Å². The number of carboxylic acid groups (broad SMARTS) is 1. The van der Waals surface area contributed by atoms with Crippen molar-refractivity contribution in [3.63, 3.8) is 0 Å². The quantitative estimate of drug-likeness (QED) is 0.617. The molecule has 1 aromatic rings. The van der Waals surface area contributed by atoms with E-state index in [1.54, 1.807) is 0 Å². The van der Waals surface area contributed by atoms with Crippen LogP contribution in [0.3, 0.4) is 0 Å². The topological polar surface area (TPSA) is 113 Å². The van der Waals surface area contributed by atoms with Crippen molar-refractivity contribution in [1.82, 2.24) is 15.5 Å². The van der Waals surface area contributed by atoms with Crippen molar-refractivity contribution in [1.29, 1.82) is 0 Å². The number of amides is 2. The Morgan fingerprint density at radius 1 is 1.44 bits per heavy atom. The standard InChI is InChI=1S/C9H14N4O4S/c1-2-6-12-13-9(18-6)11-8(16)10-3-4-17-5-7(14)15/h2-5H2,1H3,(H,14,15)(H2,10,11,13,16). The molecule has 0 radical (unpaired) electrons. The molecule has 3 N–H and O–H groups in total. The van der Waals surface area contributed by atoms with Crippen LogP contribution in [-0.4, -0.2) is 47.1 Å². The number of ether oxygens (including phenoxy) is 1. The molecule has 0 bridgehead atoms. The van der Waals surface area contributed by atoms with E-state index in [1.165, 1.54) is 11.3 Å². The first-order valence-corrected chi connectivity index (χ1v) is 6.10. The molecule has 100 valence electrons. The summed E-state index contributed by atoms with van der Waals surface area (Å²) in [4.78, 5) is 21.5. The van der Waals surface area contributed by atoms with Crippen LogP contribution in [0.15, 0.2) is 0 Å². The van der Waals surface area contributed by atoms with Gasteiger partial charge in [-0.25, -0.2) is 9.59 Å². The Balaban J connectivity index is 2.15. The first kappa shape index (κ1) is 14.3. The number of urea groups is 1. The molecule has 0 aromatic carbocycles. The van der Waals surface area contributed by atoms with E-state index in [-0.39, 0.29) is 19.8 Å². The van der Waals surface area contributed by atoms with E-state index in [2.05, 4.69) is 20.8 Å². The normalized spacial score (nSPS) is 10.1. The highest BCUT2D eigenvalue weighted by Crippen LogP contribution is 2.14. The molecule has 0 spiro atoms. The van der Waals surface area contributed by atoms with Gasteiger partial charge in [-0.3, -0.25) is 5.32 Å². The molecule has 1 aromatic heterocycles. The number of nitrogens with zero attached hydrogens (tertiary/aromatic N) is 2. The number of aromatic nitrogens is 2. The number of carbonyl (C=O) groups is 2. The highest BCUT2D eigenvalue weighted by Gasteiger charge is 2.06. The lowest BCUT2D eigenvalue weighted by Gasteiger charge is -2.04. The van der Waals surface area contributed by atoms with Gasteiger partial charge in [-0.2, -0.15) is 0 Å². The first-order valence-electron chi connectivity index (χ1n) is 5.28. The minimum Gasteiger partial charge on any atom is -0.480 e. The number of hydrogen-bond acceptors (Lipinski definition) is 6. The summed E-state index contributed by atoms with van der Waals surface area (Å²) in [5.74, 6) is -1.04. The predicted molar refractivity (Wildman–Crippen MR) is 64.8 cm³/mol. The lowest BCUT2D eigenvalue weighted by molar-refractivity contribution is -0.142. The van der Waals surface area contributed by atoms with Crippen molar-refractivity contribution in [2.45, 2.75) is 13.3 Å². The van der Waals surface area contributed by atoms with Crippen molar-refractivity contribution < 1.29 is 19.4 Å². The summed E-state index contributed by atoms with van der Waals surface area (Å²) < 4.78 is 4.75. The van der Waals surface area contributed by atoms with E-state index in [0.29, 0.717) is 5.13 Å². The fourth-order valence-corrected chi connectivity index (χ4v) is 1.66. The Hall–Kier alpha value is -1.74. The summed E-state index contributed by atoms with van der Waals surface area (Å²) in [6.07, 6.45) is 0.768. The number of hydrogen-bond donors (Lipinski definition) is 3. The van der Waals surface area contributed by atoms with Crippen LogP contribution in [0.5, 0.6) is 0 Å². The van der Waals surface area contributed by atoms with E-state index in [4.69, 9.17) is 9.84 Å². The highest BCUT2D eigenvalue weighted by atomic mass is 32.1. The zero-order valence-corrected chi connectivity index (χ0v) is 10.6. The minimum atomic E-state index is -1.04. The Kier molecular flexibility index (Phi) is 6.01. The monoisotopic (exact) mass is 274 g/mol. The number of rotatable bonds is 7. The van der Waals surface area contributed by atoms with E-state index >= 15 is 0 Å². The minimum absolute atomic E-state index is 0.135. The van der Waals surface area contributed by atoms with E-state index < -0.39 is 12.0 Å². The lowest BCUT2D eigenvalue weighted by atomic mass is 10.5. The van der Waals surface area contributed by atoms with Crippen LogP contribution in [0, 0.1) is 0 Å². The summed E-state index contributed by atoms with van der Waals surface area (Å²) >= 11 is 1.31. The molecule has 0 aliphatic rings. The summed E-state index contributed by atoms with van der Waals surface area (Å²) in [7, 11) is 0. The molecule has 2 amide bonds. The average molecular weight is 274 g/mol. The largest absolute Gasteiger partial charge is 0.480 e. The Bertz CT molecular complexity index is 409. The van der Waals surface area contributed by atoms with E-state index in [9.17, 15) is 9.59 Å². The van der Waals surface area contributed by atoms with E-state index in [0.717, 1.165) is 11.4 Å². The molecule has 0 unspecified atom stereocenters. The number of aliphatic carboxylic acids is 1. The Labute approximate surface area is 107 Å². The van der Waals surface area contributed by atoms with Crippen molar-refractivity contribution in [3.8, 4) is 0 Å². The van der Waals surface area contributed by atoms with Crippen LogP contribution in [0.1, 0.15) is 11.9 Å². The van der Waals surface area contributed by atoms with Gasteiger partial charge in [0.25, 0.3) is 0 Å². The molecule has 8 nitrogen and oxygen atoms in total. The molecule has 0 saturated heterocycles. The SMILES string of the molecule is CCc1nnc(NC(=O)NCCOCC(=O)O)s1. The van der Waals surface area contributed by atoms with Crippen molar-refractivity contribution in [3.05, 3.63) is 5.01 Å². The number of carboxylic acids is 1. The van der Waals surface area contributed by atoms with E-state index in [1.807, 2.05) is 6.92 Å². The molecule has 9 heteroatoms. The average Bonchev–Trinajstić information content (AvgIpc) is 2.76. The van der Waals surface area contributed by atoms with Gasteiger partial charge in [0.05, 0.1) is 6.61 Å². The Morgan fingerprint density at radius 3 is 2.83 bits per heavy atom. The predicted octanol–water partition coefficient (Wildman–Crippen LogP) is 0.323. The molecule has 1 rings (SSSR count). The van der Waals surface area contributed by atoms with Crippen molar-refractivity contribution >= 4 is 28.5 Å². The van der Waals surface area contributed by atoms with Gasteiger partial charge in [0.2, 0.25) is 5.13 Å². The van der Waals surface area contributed by atoms with Crippen LogP contribution < -0.4 is 10.6 Å². The highest BCUT2D eigenvalue weighted by molar-refractivity contribution is 7.15. The molecule has 18 heavy (non-hydrogen) atoms. The maximum atomic E-state index is 11.4. The molecular formula is C9H14N4O4S. The van der Waals surface area contributed by atoms with Gasteiger partial charge in [-0.1, -0.05) is 18.3 Å². The van der Waals surface area contributed by atoms with Crippen LogP contribution in [0.2, 0.25) is 0 Å². The zero-order valence-electron chi connectivity index (χ0n) is 9.80. The van der Waals surface area contributed by atoms with Crippen LogP contribution in [0.4, 0.5) is 9.93 Å². The molecule has 0 aliphatic carbocycles. The van der Waals surface area contributed by atoms with Gasteiger partial charge in [-0.05, 0) is 6.42 Å². The fourth-order valence-electron chi connectivity index (χ4n) is 0.985. The summed E-state index contributed by atoms with van der Waals surface area (Å²) in [5, 5.41) is 22.2. The van der Waals surface area contributed by atoms with Crippen molar-refractivity contribution in [2.24, 2.45) is 0 Å². The maximum Gasteiger partial charge on any atom is 0.329 e. The lowest BCUT2D eigenvalue weighted by Crippen LogP contribution is -2.31. The molecule has 0 saturated carbocycles. The van der Waals surface area contributed by atoms with Gasteiger partial charge < -0.3 is 15.2 Å². The molecule has 1 heterocycles. The second-order valence-corrected chi connectivity index (χ2v) is 4.24. The van der Waals surface area contributed by atoms with Crippen molar-refractivity contribution in [2.75, 3.05) is 25.1 Å². The van der Waals surface area contributed by atoms with Gasteiger partial charge in [0.1, 0.15) is 11.6 Å². The maximum absolute atomic E-state index is 11.4. The third-order valence-electron chi connectivity index (χ3n) is 1.75. The van der Waals surface area contributed by atoms with Gasteiger partial charge in [-0.15, -0.1) is 10.2 Å². The summed E-state index contributed by atoms with van der Waals surface area (Å²) in [5.41, 5.74) is 0. The third-order valence-corrected chi connectivity index (χ3v) is 2.73. The second kappa shape index (κ2) is 7.56. The van der Waals surface area contributed by atoms with Crippen LogP contribution in [-0.2, 0) is 16.0 Å². The van der Waals surface area contributed by atoms with Crippen LogP contribution >= 0.6 is 11.3 Å².